The van der Waals surface area contributed by atoms with E-state index in [0.717, 1.165) is 22.4 Å². The summed E-state index contributed by atoms with van der Waals surface area (Å²) in [5.74, 6) is -0.881. The summed E-state index contributed by atoms with van der Waals surface area (Å²) in [6, 6.07) is 20.7. The van der Waals surface area contributed by atoms with Gasteiger partial charge in [-0.15, -0.1) is 0 Å². The van der Waals surface area contributed by atoms with E-state index in [0.29, 0.717) is 6.42 Å². The van der Waals surface area contributed by atoms with E-state index in [1.807, 2.05) is 135 Å². The maximum atomic E-state index is 14.4. The van der Waals surface area contributed by atoms with Crippen LogP contribution in [0.1, 0.15) is 94.2 Å². The van der Waals surface area contributed by atoms with Crippen molar-refractivity contribution in [3.05, 3.63) is 90.1 Å². The molecule has 0 bridgehead atoms. The molecule has 4 atom stereocenters. The molecular weight excluding hydrogens is 737 g/mol. The standard InChI is InChI=1S/C45H66N6O7/c1-42(2,3)36(48-40(54)56-13)38(52)47-34(27-30-19-15-14-16-20-30)35(57-44(7,8)9)29-51(28-31-22-24-32(25-23-31)33-21-17-18-26-46-33)50-39(53)37(43(4,5)6)49-41(55)58-45(10,11)12/h14-26,34-37H,27-29H2,1-13H3,(H,47,52)(H,48,54)(H,49,55)(H,50,53)/t34-,35-,36?,37+/m0/s1. The first-order valence-electron chi connectivity index (χ1n) is 19.8. The zero-order valence-corrected chi connectivity index (χ0v) is 36.7. The van der Waals surface area contributed by atoms with Crippen LogP contribution in [-0.4, -0.2) is 83.1 Å². The van der Waals surface area contributed by atoms with Crippen LogP contribution in [0.25, 0.3) is 11.3 Å². The minimum absolute atomic E-state index is 0.108. The average Bonchev–Trinajstić information content (AvgIpc) is 3.11. The molecule has 13 heteroatoms. The number of amides is 4. The van der Waals surface area contributed by atoms with Gasteiger partial charge in [-0.25, -0.2) is 14.6 Å². The highest BCUT2D eigenvalue weighted by Gasteiger charge is 2.39. The number of hydrazine groups is 1. The first-order chi connectivity index (χ1) is 26.8. The number of alkyl carbamates (subject to hydrolysis) is 2. The maximum absolute atomic E-state index is 14.4. The number of carbonyl (C=O) groups is 4. The minimum Gasteiger partial charge on any atom is -0.453 e. The molecule has 3 aromatic rings. The van der Waals surface area contributed by atoms with Gasteiger partial charge < -0.3 is 30.2 Å². The van der Waals surface area contributed by atoms with Gasteiger partial charge in [-0.2, -0.15) is 0 Å². The number of benzene rings is 2. The van der Waals surface area contributed by atoms with E-state index in [1.54, 1.807) is 32.0 Å². The predicted octanol–water partition coefficient (Wildman–Crippen LogP) is 7.20. The van der Waals surface area contributed by atoms with Crippen molar-refractivity contribution < 1.29 is 33.4 Å². The smallest absolute Gasteiger partial charge is 0.408 e. The van der Waals surface area contributed by atoms with Crippen molar-refractivity contribution in [2.75, 3.05) is 13.7 Å². The summed E-state index contributed by atoms with van der Waals surface area (Å²) < 4.78 is 17.2. The van der Waals surface area contributed by atoms with Crippen molar-refractivity contribution in [1.29, 1.82) is 0 Å². The van der Waals surface area contributed by atoms with Crippen molar-refractivity contribution in [3.63, 3.8) is 0 Å². The van der Waals surface area contributed by atoms with Crippen LogP contribution < -0.4 is 21.4 Å². The van der Waals surface area contributed by atoms with Gasteiger partial charge in [0.2, 0.25) is 5.91 Å². The molecule has 0 aliphatic rings. The Morgan fingerprint density at radius 2 is 1.22 bits per heavy atom. The van der Waals surface area contributed by atoms with E-state index in [4.69, 9.17) is 14.2 Å². The Morgan fingerprint density at radius 1 is 0.655 bits per heavy atom. The molecule has 318 valence electrons. The van der Waals surface area contributed by atoms with Crippen LogP contribution in [-0.2, 0) is 36.8 Å². The number of carbonyl (C=O) groups excluding carboxylic acids is 4. The van der Waals surface area contributed by atoms with Crippen molar-refractivity contribution in [3.8, 4) is 11.3 Å². The van der Waals surface area contributed by atoms with Gasteiger partial charge in [0.15, 0.2) is 0 Å². The number of methoxy groups -OCH3 is 1. The van der Waals surface area contributed by atoms with Crippen LogP contribution in [0.5, 0.6) is 0 Å². The summed E-state index contributed by atoms with van der Waals surface area (Å²) in [6.45, 7) is 22.6. The summed E-state index contributed by atoms with van der Waals surface area (Å²) in [5.41, 5.74) is 3.83. The third-order valence-electron chi connectivity index (χ3n) is 8.90. The Hall–Kier alpha value is -5.01. The van der Waals surface area contributed by atoms with Gasteiger partial charge in [0, 0.05) is 24.8 Å². The van der Waals surface area contributed by atoms with Crippen molar-refractivity contribution in [1.82, 2.24) is 31.4 Å². The zero-order valence-electron chi connectivity index (χ0n) is 36.7. The molecule has 0 saturated heterocycles. The molecule has 13 nitrogen and oxygen atoms in total. The Balaban J connectivity index is 2.11. The van der Waals surface area contributed by atoms with Crippen molar-refractivity contribution in [2.45, 2.75) is 131 Å². The van der Waals surface area contributed by atoms with E-state index >= 15 is 0 Å². The summed E-state index contributed by atoms with van der Waals surface area (Å²) in [5, 5.41) is 10.5. The van der Waals surface area contributed by atoms with E-state index in [1.165, 1.54) is 7.11 Å². The first kappa shape index (κ1) is 47.4. The summed E-state index contributed by atoms with van der Waals surface area (Å²) >= 11 is 0. The summed E-state index contributed by atoms with van der Waals surface area (Å²) in [4.78, 5) is 58.5. The lowest BCUT2D eigenvalue weighted by Crippen LogP contribution is -2.62. The third-order valence-corrected chi connectivity index (χ3v) is 8.90. The topological polar surface area (TPSA) is 160 Å². The predicted molar refractivity (Wildman–Crippen MR) is 226 cm³/mol. The highest BCUT2D eigenvalue weighted by molar-refractivity contribution is 5.87. The maximum Gasteiger partial charge on any atom is 0.408 e. The molecule has 58 heavy (non-hydrogen) atoms. The van der Waals surface area contributed by atoms with Crippen LogP contribution in [0.3, 0.4) is 0 Å². The normalized spacial score (nSPS) is 14.4. The molecule has 3 rings (SSSR count). The van der Waals surface area contributed by atoms with Crippen LogP contribution in [0.4, 0.5) is 9.59 Å². The summed E-state index contributed by atoms with van der Waals surface area (Å²) in [6.07, 6.45) is -0.0512. The second-order valence-corrected chi connectivity index (χ2v) is 18.7. The molecule has 1 aromatic heterocycles. The van der Waals surface area contributed by atoms with Gasteiger partial charge in [-0.05, 0) is 82.1 Å². The molecule has 0 fully saturated rings. The third kappa shape index (κ3) is 16.1. The molecule has 0 spiro atoms. The van der Waals surface area contributed by atoms with E-state index in [2.05, 4.69) is 26.4 Å². The lowest BCUT2D eigenvalue weighted by Gasteiger charge is -2.39. The number of nitrogens with one attached hydrogen (secondary N) is 4. The second kappa shape index (κ2) is 20.1. The Kier molecular flexibility index (Phi) is 16.4. The number of rotatable bonds is 15. The van der Waals surface area contributed by atoms with E-state index in [9.17, 15) is 19.2 Å². The van der Waals surface area contributed by atoms with Crippen LogP contribution in [0.15, 0.2) is 79.0 Å². The number of nitrogens with zero attached hydrogens (tertiary/aromatic N) is 2. The fourth-order valence-corrected chi connectivity index (χ4v) is 6.19. The van der Waals surface area contributed by atoms with Crippen molar-refractivity contribution >= 4 is 24.0 Å². The SMILES string of the molecule is COC(=O)NC(C(=O)N[C@@H](Cc1ccccc1)[C@H](CN(Cc1ccc(-c2ccccn2)cc1)NC(=O)[C@@H](NC(=O)OC(C)(C)C)C(C)(C)C)OC(C)(C)C)C(C)(C)C. The Bertz CT molecular complexity index is 1780. The molecule has 0 aliphatic carbocycles. The molecular formula is C45H66N6O7. The second-order valence-electron chi connectivity index (χ2n) is 18.7. The molecule has 4 amide bonds. The number of aromatic nitrogens is 1. The minimum atomic E-state index is -0.991. The average molecular weight is 803 g/mol. The van der Waals surface area contributed by atoms with Crippen LogP contribution in [0.2, 0.25) is 0 Å². The van der Waals surface area contributed by atoms with Crippen LogP contribution >= 0.6 is 0 Å². The quantitative estimate of drug-likeness (QED) is 0.117. The lowest BCUT2D eigenvalue weighted by molar-refractivity contribution is -0.137. The molecule has 4 N–H and O–H groups in total. The zero-order chi connectivity index (χ0) is 43.5. The van der Waals surface area contributed by atoms with Gasteiger partial charge in [0.1, 0.15) is 17.7 Å². The highest BCUT2D eigenvalue weighted by Crippen LogP contribution is 2.25. The summed E-state index contributed by atoms with van der Waals surface area (Å²) in [7, 11) is 1.25. The lowest BCUT2D eigenvalue weighted by atomic mass is 9.85. The molecule has 0 radical (unpaired) electrons. The largest absolute Gasteiger partial charge is 0.453 e. The van der Waals surface area contributed by atoms with Gasteiger partial charge in [-0.3, -0.25) is 20.0 Å². The van der Waals surface area contributed by atoms with Gasteiger partial charge in [0.05, 0.1) is 30.6 Å². The van der Waals surface area contributed by atoms with E-state index in [-0.39, 0.29) is 13.1 Å². The monoisotopic (exact) mass is 802 g/mol. The molecule has 1 unspecified atom stereocenters. The van der Waals surface area contributed by atoms with Gasteiger partial charge >= 0.3 is 12.2 Å². The molecule has 0 aliphatic heterocycles. The Labute approximate surface area is 345 Å². The first-order valence-corrected chi connectivity index (χ1v) is 19.8. The highest BCUT2D eigenvalue weighted by atomic mass is 16.6. The molecule has 0 saturated carbocycles. The van der Waals surface area contributed by atoms with Crippen LogP contribution in [0, 0.1) is 10.8 Å². The molecule has 1 heterocycles. The number of ether oxygens (including phenoxy) is 3. The van der Waals surface area contributed by atoms with Gasteiger partial charge in [0.25, 0.3) is 5.91 Å². The number of pyridine rings is 1. The fourth-order valence-electron chi connectivity index (χ4n) is 6.19. The van der Waals surface area contributed by atoms with Gasteiger partial charge in [-0.1, -0.05) is 102 Å². The number of hydrogen-bond donors (Lipinski definition) is 4. The van der Waals surface area contributed by atoms with E-state index < -0.39 is 70.3 Å². The fraction of sp³-hybridized carbons (Fsp3) is 0.533. The number of hydrogen-bond acceptors (Lipinski definition) is 9. The Morgan fingerprint density at radius 3 is 1.74 bits per heavy atom. The molecule has 2 aromatic carbocycles. The van der Waals surface area contributed by atoms with Crippen molar-refractivity contribution in [2.24, 2.45) is 10.8 Å².